The molecule has 1 aromatic carbocycles. The lowest BCUT2D eigenvalue weighted by Gasteiger charge is -2.32. The molecule has 0 spiro atoms. The lowest BCUT2D eigenvalue weighted by atomic mass is 10.1. The average molecular weight is 378 g/mol. The van der Waals surface area contributed by atoms with Crippen molar-refractivity contribution in [2.75, 3.05) is 58.7 Å². The number of hydrogen-bond donors (Lipinski definition) is 2. The Balaban J connectivity index is 1.73. The minimum absolute atomic E-state index is 0.00446. The zero-order chi connectivity index (χ0) is 19.4. The second kappa shape index (κ2) is 8.36. The van der Waals surface area contributed by atoms with Gasteiger partial charge in [0.1, 0.15) is 0 Å². The van der Waals surface area contributed by atoms with Gasteiger partial charge in [0.15, 0.2) is 28.7 Å². The van der Waals surface area contributed by atoms with Gasteiger partial charge in [-0.1, -0.05) is 5.16 Å². The molecule has 2 N–H and O–H groups in total. The number of carboxylic acids is 1. The number of methoxy groups -OCH3 is 1. The summed E-state index contributed by atoms with van der Waals surface area (Å²) in [6.07, 6.45) is 0. The number of benzene rings is 1. The molecule has 27 heavy (non-hydrogen) atoms. The first-order valence-electron chi connectivity index (χ1n) is 8.71. The number of rotatable bonds is 7. The summed E-state index contributed by atoms with van der Waals surface area (Å²) in [5.41, 5.74) is 0.298. The Morgan fingerprint density at radius 2 is 2.11 bits per heavy atom. The number of nitrogens with one attached hydrogen (secondary N) is 1. The normalized spacial score (nSPS) is 15.7. The fraction of sp³-hybridized carbons (Fsp3) is 0.444. The summed E-state index contributed by atoms with van der Waals surface area (Å²) in [5, 5.41) is 16.5. The second-order valence-electron chi connectivity index (χ2n) is 6.46. The van der Waals surface area contributed by atoms with Gasteiger partial charge in [-0.05, 0) is 25.2 Å². The van der Waals surface area contributed by atoms with E-state index < -0.39 is 11.8 Å². The Labute approximate surface area is 156 Å². The highest BCUT2D eigenvalue weighted by Crippen LogP contribution is 2.32. The van der Waals surface area contributed by atoms with E-state index in [-0.39, 0.29) is 22.9 Å². The topological polar surface area (TPSA) is 91.1 Å². The van der Waals surface area contributed by atoms with E-state index in [1.807, 2.05) is 0 Å². The maximum atomic E-state index is 13.6. The van der Waals surface area contributed by atoms with Crippen LogP contribution in [0.2, 0.25) is 0 Å². The van der Waals surface area contributed by atoms with Crippen LogP contribution in [0.15, 0.2) is 22.7 Å². The number of hydrogen-bond acceptors (Lipinski definition) is 7. The maximum absolute atomic E-state index is 13.6. The summed E-state index contributed by atoms with van der Waals surface area (Å²) in [6.45, 7) is 5.30. The van der Waals surface area contributed by atoms with Crippen LogP contribution < -0.4 is 10.1 Å². The number of ether oxygens (including phenoxy) is 1. The summed E-state index contributed by atoms with van der Waals surface area (Å²) < 4.78 is 23.8. The summed E-state index contributed by atoms with van der Waals surface area (Å²) in [6, 6.07) is 4.01. The molecule has 0 saturated carbocycles. The molecule has 0 atom stereocenters. The molecule has 1 aliphatic rings. The lowest BCUT2D eigenvalue weighted by Crippen LogP contribution is -2.45. The highest BCUT2D eigenvalue weighted by atomic mass is 19.1. The molecule has 0 aliphatic carbocycles. The Hall–Kier alpha value is -2.65. The van der Waals surface area contributed by atoms with Gasteiger partial charge in [-0.15, -0.1) is 0 Å². The Morgan fingerprint density at radius 3 is 2.78 bits per heavy atom. The number of aromatic nitrogens is 1. The molecule has 8 nitrogen and oxygen atoms in total. The Morgan fingerprint density at radius 1 is 1.37 bits per heavy atom. The molecule has 3 rings (SSSR count). The van der Waals surface area contributed by atoms with Crippen LogP contribution in [0.1, 0.15) is 10.4 Å². The van der Waals surface area contributed by atoms with Crippen molar-refractivity contribution >= 4 is 11.8 Å². The van der Waals surface area contributed by atoms with Crippen LogP contribution in [0.3, 0.4) is 0 Å². The van der Waals surface area contributed by atoms with E-state index >= 15 is 0 Å². The van der Waals surface area contributed by atoms with E-state index in [0.717, 1.165) is 32.7 Å². The molecule has 1 aliphatic heterocycles. The summed E-state index contributed by atoms with van der Waals surface area (Å²) in [7, 11) is 3.43. The van der Waals surface area contributed by atoms with Gasteiger partial charge in [-0.2, -0.15) is 0 Å². The first-order valence-corrected chi connectivity index (χ1v) is 8.71. The van der Waals surface area contributed by atoms with Crippen molar-refractivity contribution in [3.63, 3.8) is 0 Å². The first kappa shape index (κ1) is 19.1. The lowest BCUT2D eigenvalue weighted by molar-refractivity contribution is 0.0698. The molecular formula is C18H23FN4O4. The fourth-order valence-corrected chi connectivity index (χ4v) is 3.01. The highest BCUT2D eigenvalue weighted by Gasteiger charge is 2.25. The van der Waals surface area contributed by atoms with Crippen molar-refractivity contribution in [1.29, 1.82) is 0 Å². The number of halogens is 1. The van der Waals surface area contributed by atoms with Gasteiger partial charge in [0, 0.05) is 44.8 Å². The molecule has 146 valence electrons. The van der Waals surface area contributed by atoms with Crippen LogP contribution in [-0.2, 0) is 0 Å². The van der Waals surface area contributed by atoms with Gasteiger partial charge in [-0.3, -0.25) is 4.90 Å². The third-order valence-corrected chi connectivity index (χ3v) is 4.64. The smallest absolute Gasteiger partial charge is 0.343 e. The number of aromatic carboxylic acids is 1. The van der Waals surface area contributed by atoms with Crippen molar-refractivity contribution in [3.05, 3.63) is 29.6 Å². The van der Waals surface area contributed by atoms with Crippen LogP contribution in [0.5, 0.6) is 5.75 Å². The monoisotopic (exact) mass is 378 g/mol. The fourth-order valence-electron chi connectivity index (χ4n) is 3.01. The van der Waals surface area contributed by atoms with Crippen molar-refractivity contribution in [1.82, 2.24) is 15.0 Å². The highest BCUT2D eigenvalue weighted by molar-refractivity contribution is 5.99. The maximum Gasteiger partial charge on any atom is 0.343 e. The molecule has 9 heteroatoms. The SMILES string of the molecule is COc1cc(-c2onc(NCCN3CCN(C)CC3)c2C(=O)O)ccc1F. The number of likely N-dealkylation sites (N-methyl/N-ethyl adjacent to an activating group) is 1. The van der Waals surface area contributed by atoms with Gasteiger partial charge in [0.25, 0.3) is 0 Å². The largest absolute Gasteiger partial charge is 0.494 e. The second-order valence-corrected chi connectivity index (χ2v) is 6.46. The number of piperazine rings is 1. The van der Waals surface area contributed by atoms with E-state index in [2.05, 4.69) is 27.3 Å². The number of nitrogens with zero attached hydrogens (tertiary/aromatic N) is 3. The number of anilines is 1. The molecule has 1 saturated heterocycles. The zero-order valence-corrected chi connectivity index (χ0v) is 15.4. The van der Waals surface area contributed by atoms with E-state index in [1.165, 1.54) is 25.3 Å². The first-order chi connectivity index (χ1) is 13.0. The molecule has 1 fully saturated rings. The van der Waals surface area contributed by atoms with Crippen LogP contribution >= 0.6 is 0 Å². The van der Waals surface area contributed by atoms with E-state index in [0.29, 0.717) is 12.1 Å². The molecule has 0 unspecified atom stereocenters. The minimum Gasteiger partial charge on any atom is -0.494 e. The minimum atomic E-state index is -1.17. The van der Waals surface area contributed by atoms with Crippen LogP contribution in [0, 0.1) is 5.82 Å². The van der Waals surface area contributed by atoms with Crippen LogP contribution in [-0.4, -0.2) is 79.5 Å². The molecule has 2 heterocycles. The molecular weight excluding hydrogens is 355 g/mol. The standard InChI is InChI=1S/C18H23FN4O4/c1-22-7-9-23(10-8-22)6-5-20-17-15(18(24)25)16(27-21-17)12-3-4-13(19)14(11-12)26-2/h3-4,11H,5-10H2,1-2H3,(H,20,21)(H,24,25). The molecule has 0 amide bonds. The van der Waals surface area contributed by atoms with Crippen molar-refractivity contribution in [2.24, 2.45) is 0 Å². The van der Waals surface area contributed by atoms with Crippen LogP contribution in [0.4, 0.5) is 10.2 Å². The zero-order valence-electron chi connectivity index (χ0n) is 15.4. The number of carboxylic acid groups (broad SMARTS) is 1. The molecule has 1 aromatic heterocycles. The number of carbonyl (C=O) groups is 1. The Kier molecular flexibility index (Phi) is 5.92. The van der Waals surface area contributed by atoms with Gasteiger partial charge in [0.2, 0.25) is 0 Å². The van der Waals surface area contributed by atoms with E-state index in [4.69, 9.17) is 9.26 Å². The summed E-state index contributed by atoms with van der Waals surface area (Å²) >= 11 is 0. The molecule has 0 radical (unpaired) electrons. The van der Waals surface area contributed by atoms with E-state index in [1.54, 1.807) is 0 Å². The van der Waals surface area contributed by atoms with Gasteiger partial charge in [0.05, 0.1) is 7.11 Å². The third-order valence-electron chi connectivity index (χ3n) is 4.64. The molecule has 2 aromatic rings. The van der Waals surface area contributed by atoms with Crippen molar-refractivity contribution in [3.8, 4) is 17.1 Å². The van der Waals surface area contributed by atoms with Gasteiger partial charge in [-0.25, -0.2) is 9.18 Å². The van der Waals surface area contributed by atoms with Crippen molar-refractivity contribution < 1.29 is 23.6 Å². The predicted octanol–water partition coefficient (Wildman–Crippen LogP) is 1.85. The van der Waals surface area contributed by atoms with Crippen molar-refractivity contribution in [2.45, 2.75) is 0 Å². The average Bonchev–Trinajstić information content (AvgIpc) is 3.08. The summed E-state index contributed by atoms with van der Waals surface area (Å²) in [4.78, 5) is 16.3. The summed E-state index contributed by atoms with van der Waals surface area (Å²) in [5.74, 6) is -1.48. The van der Waals surface area contributed by atoms with Gasteiger partial charge < -0.3 is 24.6 Å². The van der Waals surface area contributed by atoms with E-state index in [9.17, 15) is 14.3 Å². The third kappa shape index (κ3) is 4.37. The quantitative estimate of drug-likeness (QED) is 0.754. The predicted molar refractivity (Wildman–Crippen MR) is 97.8 cm³/mol. The Bertz CT molecular complexity index is 803. The van der Waals surface area contributed by atoms with Gasteiger partial charge >= 0.3 is 5.97 Å². The van der Waals surface area contributed by atoms with Crippen LogP contribution in [0.25, 0.3) is 11.3 Å². The molecule has 0 bridgehead atoms.